The fourth-order valence-electron chi connectivity index (χ4n) is 3.34. The molecule has 1 N–H and O–H groups in total. The summed E-state index contributed by atoms with van der Waals surface area (Å²) in [5, 5.41) is 9.12. The van der Waals surface area contributed by atoms with E-state index in [1.165, 1.54) is 24.3 Å². The molecule has 29 heavy (non-hydrogen) atoms. The van der Waals surface area contributed by atoms with Crippen LogP contribution in [0.15, 0.2) is 54.6 Å². The molecule has 1 aliphatic rings. The number of carbonyl (C=O) groups is 1. The van der Waals surface area contributed by atoms with Crippen molar-refractivity contribution in [3.8, 4) is 22.6 Å². The van der Waals surface area contributed by atoms with Crippen LogP contribution in [-0.4, -0.2) is 11.1 Å². The molecule has 1 aliphatic heterocycles. The zero-order chi connectivity index (χ0) is 20.8. The lowest BCUT2D eigenvalue weighted by Gasteiger charge is -2.24. The normalized spacial score (nSPS) is 17.4. The van der Waals surface area contributed by atoms with Gasteiger partial charge in [0, 0.05) is 17.5 Å². The fourth-order valence-corrected chi connectivity index (χ4v) is 3.50. The van der Waals surface area contributed by atoms with Crippen LogP contribution in [0, 0.1) is 11.6 Å². The molecule has 4 nitrogen and oxygen atoms in total. The van der Waals surface area contributed by atoms with Crippen LogP contribution in [0.1, 0.15) is 18.1 Å². The fraction of sp³-hybridized carbons (Fsp3) is 0.136. The molecule has 0 saturated heterocycles. The summed E-state index contributed by atoms with van der Waals surface area (Å²) in [4.78, 5) is 10.8. The van der Waals surface area contributed by atoms with E-state index in [2.05, 4.69) is 0 Å². The zero-order valence-electron chi connectivity index (χ0n) is 15.2. The number of carboxylic acid groups (broad SMARTS) is 1. The first-order valence-corrected chi connectivity index (χ1v) is 9.12. The highest BCUT2D eigenvalue weighted by Crippen LogP contribution is 2.49. The van der Waals surface area contributed by atoms with Crippen LogP contribution >= 0.6 is 11.6 Å². The predicted octanol–water partition coefficient (Wildman–Crippen LogP) is 5.56. The molecule has 4 rings (SSSR count). The highest BCUT2D eigenvalue weighted by atomic mass is 35.5. The lowest BCUT2D eigenvalue weighted by Crippen LogP contribution is -2.32. The summed E-state index contributed by atoms with van der Waals surface area (Å²) in [6.07, 6.45) is -0.410. The molecule has 0 radical (unpaired) electrons. The summed E-state index contributed by atoms with van der Waals surface area (Å²) >= 11 is 5.83. The van der Waals surface area contributed by atoms with Gasteiger partial charge in [-0.15, -0.1) is 0 Å². The molecule has 0 amide bonds. The number of rotatable bonds is 4. The zero-order valence-corrected chi connectivity index (χ0v) is 16.0. The summed E-state index contributed by atoms with van der Waals surface area (Å²) in [6, 6.07) is 13.6. The van der Waals surface area contributed by atoms with Crippen molar-refractivity contribution in [2.45, 2.75) is 19.1 Å². The van der Waals surface area contributed by atoms with E-state index in [1.54, 1.807) is 37.3 Å². The molecule has 3 aromatic carbocycles. The van der Waals surface area contributed by atoms with E-state index in [0.717, 1.165) is 0 Å². The van der Waals surface area contributed by atoms with Gasteiger partial charge < -0.3 is 14.6 Å². The number of aliphatic carboxylic acids is 1. The second kappa shape index (κ2) is 7.04. The van der Waals surface area contributed by atoms with Gasteiger partial charge in [0.2, 0.25) is 0 Å². The molecule has 148 valence electrons. The summed E-state index contributed by atoms with van der Waals surface area (Å²) in [6.45, 7) is 1.58. The molecule has 7 heteroatoms. The Bertz CT molecular complexity index is 1130. The molecular weight excluding hydrogens is 402 g/mol. The van der Waals surface area contributed by atoms with E-state index < -0.39 is 29.8 Å². The topological polar surface area (TPSA) is 55.8 Å². The summed E-state index contributed by atoms with van der Waals surface area (Å²) < 4.78 is 40.7. The molecule has 0 spiro atoms. The second-order valence-electron chi connectivity index (χ2n) is 6.78. The molecule has 3 aromatic rings. The van der Waals surface area contributed by atoms with Gasteiger partial charge in [-0.1, -0.05) is 35.9 Å². The van der Waals surface area contributed by atoms with Gasteiger partial charge in [0.25, 0.3) is 5.79 Å². The Kier molecular flexibility index (Phi) is 4.67. The van der Waals surface area contributed by atoms with Crippen molar-refractivity contribution in [1.29, 1.82) is 0 Å². The number of fused-ring (bicyclic) bond motifs is 1. The molecule has 1 heterocycles. The Morgan fingerprint density at radius 2 is 1.86 bits per heavy atom. The van der Waals surface area contributed by atoms with Crippen LogP contribution in [0.4, 0.5) is 8.78 Å². The van der Waals surface area contributed by atoms with Gasteiger partial charge in [-0.3, -0.25) is 4.79 Å². The van der Waals surface area contributed by atoms with Crippen molar-refractivity contribution in [2.24, 2.45) is 0 Å². The first-order valence-electron chi connectivity index (χ1n) is 8.74. The maximum absolute atomic E-state index is 14.5. The number of benzene rings is 3. The van der Waals surface area contributed by atoms with Crippen LogP contribution < -0.4 is 9.47 Å². The van der Waals surface area contributed by atoms with Gasteiger partial charge in [0.1, 0.15) is 11.6 Å². The van der Waals surface area contributed by atoms with Crippen molar-refractivity contribution in [3.63, 3.8) is 0 Å². The second-order valence-corrected chi connectivity index (χ2v) is 7.22. The molecule has 0 bridgehead atoms. The van der Waals surface area contributed by atoms with Crippen molar-refractivity contribution < 1.29 is 28.2 Å². The van der Waals surface area contributed by atoms with Crippen molar-refractivity contribution in [1.82, 2.24) is 0 Å². The number of ether oxygens (including phenoxy) is 2. The number of hydrogen-bond acceptors (Lipinski definition) is 3. The first kappa shape index (κ1) is 19.2. The maximum Gasteiger partial charge on any atom is 0.307 e. The van der Waals surface area contributed by atoms with E-state index in [0.29, 0.717) is 22.6 Å². The Balaban J connectivity index is 1.73. The van der Waals surface area contributed by atoms with Gasteiger partial charge in [0.05, 0.1) is 12.0 Å². The van der Waals surface area contributed by atoms with Crippen molar-refractivity contribution in [3.05, 3.63) is 82.4 Å². The minimum Gasteiger partial charge on any atom is -0.481 e. The number of halogens is 3. The van der Waals surface area contributed by atoms with E-state index in [4.69, 9.17) is 26.2 Å². The Morgan fingerprint density at radius 3 is 2.55 bits per heavy atom. The lowest BCUT2D eigenvalue weighted by molar-refractivity contribution is -0.136. The average molecular weight is 417 g/mol. The van der Waals surface area contributed by atoms with E-state index >= 15 is 0 Å². The Hall–Kier alpha value is -3.12. The number of hydrogen-bond donors (Lipinski definition) is 1. The Morgan fingerprint density at radius 1 is 1.07 bits per heavy atom. The standard InChI is InChI=1S/C22H15ClF2O4/c1-22(16-8-7-14(23)11-18(16)25)28-19-4-2-3-15(21(19)29-22)12-5-6-13(10-20(26)27)17(24)9-12/h2-9,11H,10H2,1H3,(H,26,27). The molecule has 1 atom stereocenters. The minimum atomic E-state index is -1.42. The molecular formula is C22H15ClF2O4. The average Bonchev–Trinajstić information content (AvgIpc) is 3.00. The predicted molar refractivity (Wildman–Crippen MR) is 103 cm³/mol. The quantitative estimate of drug-likeness (QED) is 0.605. The van der Waals surface area contributed by atoms with Gasteiger partial charge >= 0.3 is 5.97 Å². The summed E-state index contributed by atoms with van der Waals surface area (Å²) in [7, 11) is 0. The third kappa shape index (κ3) is 3.51. The third-order valence-electron chi connectivity index (χ3n) is 4.71. The molecule has 0 fully saturated rings. The molecule has 1 unspecified atom stereocenters. The summed E-state index contributed by atoms with van der Waals surface area (Å²) in [5.41, 5.74) is 1.28. The number of para-hydroxylation sites is 1. The molecule has 0 aromatic heterocycles. The minimum absolute atomic E-state index is 0.0825. The largest absolute Gasteiger partial charge is 0.481 e. The number of carboxylic acids is 1. The van der Waals surface area contributed by atoms with Crippen LogP contribution in [0.2, 0.25) is 5.02 Å². The summed E-state index contributed by atoms with van der Waals surface area (Å²) in [5.74, 6) is -3.01. The Labute approximate surface area is 170 Å². The van der Waals surface area contributed by atoms with Crippen LogP contribution in [0.5, 0.6) is 11.5 Å². The van der Waals surface area contributed by atoms with Crippen molar-refractivity contribution in [2.75, 3.05) is 0 Å². The SMILES string of the molecule is CC1(c2ccc(Cl)cc2F)Oc2cccc(-c3ccc(CC(=O)O)c(F)c3)c2O1. The van der Waals surface area contributed by atoms with E-state index in [9.17, 15) is 13.6 Å². The van der Waals surface area contributed by atoms with Crippen LogP contribution in [0.3, 0.4) is 0 Å². The molecule has 0 aliphatic carbocycles. The van der Waals surface area contributed by atoms with E-state index in [1.807, 2.05) is 0 Å². The highest BCUT2D eigenvalue weighted by molar-refractivity contribution is 6.30. The monoisotopic (exact) mass is 416 g/mol. The third-order valence-corrected chi connectivity index (χ3v) is 4.94. The molecule has 0 saturated carbocycles. The maximum atomic E-state index is 14.5. The van der Waals surface area contributed by atoms with Crippen LogP contribution in [0.25, 0.3) is 11.1 Å². The van der Waals surface area contributed by atoms with Gasteiger partial charge in [-0.05, 0) is 41.5 Å². The highest BCUT2D eigenvalue weighted by Gasteiger charge is 2.42. The van der Waals surface area contributed by atoms with Gasteiger partial charge in [-0.2, -0.15) is 0 Å². The van der Waals surface area contributed by atoms with Crippen molar-refractivity contribution >= 4 is 17.6 Å². The van der Waals surface area contributed by atoms with Gasteiger partial charge in [-0.25, -0.2) is 8.78 Å². The smallest absolute Gasteiger partial charge is 0.307 e. The lowest BCUT2D eigenvalue weighted by atomic mass is 10.0. The van der Waals surface area contributed by atoms with E-state index in [-0.39, 0.29) is 16.1 Å². The van der Waals surface area contributed by atoms with Gasteiger partial charge in [0.15, 0.2) is 11.5 Å². The first-order chi connectivity index (χ1) is 13.8. The van der Waals surface area contributed by atoms with Crippen LogP contribution in [-0.2, 0) is 17.0 Å².